The Labute approximate surface area is 208 Å². The second-order valence-electron chi connectivity index (χ2n) is 9.80. The number of alkyl halides is 4. The second-order valence-corrected chi connectivity index (χ2v) is 10.9. The molecule has 2 saturated heterocycles. The van der Waals surface area contributed by atoms with Gasteiger partial charge in [-0.2, -0.15) is 13.2 Å². The van der Waals surface area contributed by atoms with Gasteiger partial charge in [0.15, 0.2) is 0 Å². The molecule has 0 radical (unpaired) electrons. The van der Waals surface area contributed by atoms with Gasteiger partial charge >= 0.3 is 6.18 Å². The molecule has 0 amide bonds. The lowest BCUT2D eigenvalue weighted by Gasteiger charge is -2.34. The van der Waals surface area contributed by atoms with Crippen LogP contribution in [0.1, 0.15) is 42.4 Å². The molecule has 0 aromatic heterocycles. The predicted octanol–water partition coefficient (Wildman–Crippen LogP) is 5.53. The van der Waals surface area contributed by atoms with Crippen molar-refractivity contribution in [3.8, 4) is 0 Å². The fourth-order valence-electron chi connectivity index (χ4n) is 5.36. The number of halogens is 4. The molecule has 35 heavy (non-hydrogen) atoms. The highest BCUT2D eigenvalue weighted by atomic mass is 32.2. The number of nitrogens with two attached hydrogens (primary N) is 1. The van der Waals surface area contributed by atoms with E-state index >= 15 is 0 Å². The maximum Gasteiger partial charge on any atom is 0.416 e. The number of hydrogen-bond donors (Lipinski definition) is 2. The smallest absolute Gasteiger partial charge is 0.382 e. The molecule has 3 aliphatic heterocycles. The molecule has 1 unspecified atom stereocenters. The third-order valence-electron chi connectivity index (χ3n) is 7.30. The summed E-state index contributed by atoms with van der Waals surface area (Å²) in [6.45, 7) is 4.43. The Morgan fingerprint density at radius 3 is 2.54 bits per heavy atom. The van der Waals surface area contributed by atoms with Crippen molar-refractivity contribution < 1.29 is 17.6 Å². The molecular formula is C26H32F4N4S. The first-order chi connectivity index (χ1) is 16.8. The van der Waals surface area contributed by atoms with E-state index in [1.807, 2.05) is 17.0 Å². The number of rotatable bonds is 5. The summed E-state index contributed by atoms with van der Waals surface area (Å²) < 4.78 is 55.3. The number of nitrogens with one attached hydrogen (secondary N) is 1. The lowest BCUT2D eigenvalue weighted by atomic mass is 9.97. The molecule has 0 aliphatic carbocycles. The van der Waals surface area contributed by atoms with Gasteiger partial charge in [0.1, 0.15) is 6.17 Å². The van der Waals surface area contributed by atoms with Crippen molar-refractivity contribution in [1.82, 2.24) is 4.90 Å². The minimum absolute atomic E-state index is 0.137. The van der Waals surface area contributed by atoms with E-state index in [4.69, 9.17) is 5.73 Å². The van der Waals surface area contributed by atoms with Crippen LogP contribution in [0.2, 0.25) is 0 Å². The maximum absolute atomic E-state index is 13.9. The van der Waals surface area contributed by atoms with Gasteiger partial charge in [0.25, 0.3) is 0 Å². The topological polar surface area (TPSA) is 44.5 Å². The molecule has 0 spiro atoms. The van der Waals surface area contributed by atoms with E-state index in [1.165, 1.54) is 23.9 Å². The fraction of sp³-hybridized carbons (Fsp3) is 0.538. The molecule has 9 heteroatoms. The Hall–Kier alpha value is -1.97. The van der Waals surface area contributed by atoms with Crippen molar-refractivity contribution in [3.05, 3.63) is 47.0 Å². The summed E-state index contributed by atoms with van der Waals surface area (Å²) in [5.74, 6) is 0. The molecule has 3 heterocycles. The standard InChI is InChI=1S/C26H32F4N4S/c27-19-2-1-8-34(16-19)21-4-3-17-12-22-23(32-20-5-9-33(10-6-20)11-7-31)13-18(26(28,29)30)14-25(22)35-24(17)15-21/h3-4,13-15,19-20,32H,1-2,5-12,16,31H2. The Morgan fingerprint density at radius 2 is 1.83 bits per heavy atom. The number of hydrogen-bond acceptors (Lipinski definition) is 5. The highest BCUT2D eigenvalue weighted by Gasteiger charge is 2.34. The molecule has 3 aliphatic rings. The molecule has 2 fully saturated rings. The van der Waals surface area contributed by atoms with Crippen LogP contribution in [0.5, 0.6) is 0 Å². The molecule has 4 nitrogen and oxygen atoms in total. The predicted molar refractivity (Wildman–Crippen MR) is 133 cm³/mol. The Balaban J connectivity index is 1.40. The summed E-state index contributed by atoms with van der Waals surface area (Å²) in [5.41, 5.74) is 8.59. The first-order valence-corrected chi connectivity index (χ1v) is 13.2. The van der Waals surface area contributed by atoms with Crippen LogP contribution in [0.25, 0.3) is 0 Å². The molecular weight excluding hydrogens is 476 g/mol. The average molecular weight is 509 g/mol. The van der Waals surface area contributed by atoms with Crippen molar-refractivity contribution in [3.63, 3.8) is 0 Å². The van der Waals surface area contributed by atoms with Gasteiger partial charge in [-0.3, -0.25) is 0 Å². The van der Waals surface area contributed by atoms with Gasteiger partial charge < -0.3 is 20.9 Å². The first kappa shape index (κ1) is 24.7. The summed E-state index contributed by atoms with van der Waals surface area (Å²) in [7, 11) is 0. The summed E-state index contributed by atoms with van der Waals surface area (Å²) >= 11 is 1.39. The maximum atomic E-state index is 13.9. The van der Waals surface area contributed by atoms with Crippen LogP contribution in [0.3, 0.4) is 0 Å². The lowest BCUT2D eigenvalue weighted by Crippen LogP contribution is -2.41. The highest BCUT2D eigenvalue weighted by molar-refractivity contribution is 7.99. The van der Waals surface area contributed by atoms with Gasteiger partial charge in [-0.15, -0.1) is 0 Å². The third-order valence-corrected chi connectivity index (χ3v) is 8.48. The largest absolute Gasteiger partial charge is 0.416 e. The average Bonchev–Trinajstić information content (AvgIpc) is 2.83. The zero-order chi connectivity index (χ0) is 24.6. The molecule has 5 rings (SSSR count). The molecule has 0 bridgehead atoms. The van der Waals surface area contributed by atoms with E-state index in [0.29, 0.717) is 36.5 Å². The Kier molecular flexibility index (Phi) is 7.19. The molecule has 190 valence electrons. The third kappa shape index (κ3) is 5.57. The van der Waals surface area contributed by atoms with Crippen LogP contribution in [0.15, 0.2) is 40.1 Å². The number of likely N-dealkylation sites (tertiary alicyclic amines) is 1. The molecule has 1 atom stereocenters. The van der Waals surface area contributed by atoms with Gasteiger partial charge in [0.05, 0.1) is 5.56 Å². The minimum atomic E-state index is -4.41. The van der Waals surface area contributed by atoms with Gasteiger partial charge in [0.2, 0.25) is 0 Å². The molecule has 2 aromatic rings. The summed E-state index contributed by atoms with van der Waals surface area (Å²) in [4.78, 5) is 5.95. The fourth-order valence-corrected chi connectivity index (χ4v) is 6.54. The highest BCUT2D eigenvalue weighted by Crippen LogP contribution is 2.46. The van der Waals surface area contributed by atoms with E-state index in [0.717, 1.165) is 67.2 Å². The van der Waals surface area contributed by atoms with Gasteiger partial charge in [-0.05, 0) is 61.1 Å². The quantitative estimate of drug-likeness (QED) is 0.444. The van der Waals surface area contributed by atoms with Crippen molar-refractivity contribution >= 4 is 23.1 Å². The normalized spacial score (nSPS) is 21.5. The van der Waals surface area contributed by atoms with Crippen LogP contribution < -0.4 is 16.0 Å². The van der Waals surface area contributed by atoms with Crippen LogP contribution in [-0.4, -0.2) is 56.4 Å². The summed E-state index contributed by atoms with van der Waals surface area (Å²) in [5, 5.41) is 3.46. The van der Waals surface area contributed by atoms with Crippen LogP contribution in [0, 0.1) is 0 Å². The molecule has 3 N–H and O–H groups in total. The zero-order valence-corrected chi connectivity index (χ0v) is 20.5. The van der Waals surface area contributed by atoms with E-state index in [2.05, 4.69) is 16.3 Å². The van der Waals surface area contributed by atoms with Crippen molar-refractivity contribution in [2.24, 2.45) is 5.73 Å². The lowest BCUT2D eigenvalue weighted by molar-refractivity contribution is -0.137. The summed E-state index contributed by atoms with van der Waals surface area (Å²) in [6.07, 6.45) is -1.51. The number of anilines is 2. The van der Waals surface area contributed by atoms with E-state index < -0.39 is 17.9 Å². The number of nitrogens with zero attached hydrogens (tertiary/aromatic N) is 2. The van der Waals surface area contributed by atoms with Crippen LogP contribution >= 0.6 is 11.8 Å². The van der Waals surface area contributed by atoms with Gasteiger partial charge in [-0.25, -0.2) is 4.39 Å². The van der Waals surface area contributed by atoms with Gasteiger partial charge in [0, 0.05) is 72.9 Å². The van der Waals surface area contributed by atoms with Crippen molar-refractivity contribution in [2.75, 3.05) is 49.5 Å². The molecule has 0 saturated carbocycles. The number of benzene rings is 2. The van der Waals surface area contributed by atoms with E-state index in [9.17, 15) is 17.6 Å². The van der Waals surface area contributed by atoms with Crippen molar-refractivity contribution in [1.29, 1.82) is 0 Å². The van der Waals surface area contributed by atoms with E-state index in [1.54, 1.807) is 0 Å². The van der Waals surface area contributed by atoms with Crippen molar-refractivity contribution in [2.45, 2.75) is 60.3 Å². The monoisotopic (exact) mass is 508 g/mol. The SMILES string of the molecule is NCCN1CCC(Nc2cc(C(F)(F)F)cc3c2Cc2ccc(N4CCCC(F)C4)cc2S3)CC1. The van der Waals surface area contributed by atoms with E-state index in [-0.39, 0.29) is 6.04 Å². The first-order valence-electron chi connectivity index (χ1n) is 12.4. The number of fused-ring (bicyclic) bond motifs is 2. The Morgan fingerprint density at radius 1 is 1.03 bits per heavy atom. The Bertz CT molecular complexity index is 1050. The number of piperidine rings is 2. The summed E-state index contributed by atoms with van der Waals surface area (Å²) in [6, 6.07) is 8.78. The second kappa shape index (κ2) is 10.2. The molecule has 2 aromatic carbocycles. The van der Waals surface area contributed by atoms with Crippen LogP contribution in [0.4, 0.5) is 28.9 Å². The van der Waals surface area contributed by atoms with Gasteiger partial charge in [-0.1, -0.05) is 17.8 Å². The van der Waals surface area contributed by atoms with Crippen LogP contribution in [-0.2, 0) is 12.6 Å². The zero-order valence-electron chi connectivity index (χ0n) is 19.7. The minimum Gasteiger partial charge on any atom is -0.382 e.